The van der Waals surface area contributed by atoms with E-state index in [1.165, 1.54) is 17.9 Å². The van der Waals surface area contributed by atoms with Crippen molar-refractivity contribution in [2.24, 2.45) is 0 Å². The Morgan fingerprint density at radius 3 is 2.95 bits per heavy atom. The molecule has 0 aliphatic heterocycles. The zero-order valence-electron chi connectivity index (χ0n) is 10.5. The molecule has 1 heterocycles. The Bertz CT molecular complexity index is 613. The Morgan fingerprint density at radius 1 is 1.37 bits per heavy atom. The normalized spacial score (nSPS) is 10.2. The minimum atomic E-state index is -0.142. The minimum absolute atomic E-state index is 0.142. The van der Waals surface area contributed by atoms with Gasteiger partial charge in [0.05, 0.1) is 13.7 Å². The van der Waals surface area contributed by atoms with Crippen LogP contribution in [0.2, 0.25) is 0 Å². The lowest BCUT2D eigenvalue weighted by atomic mass is 10.3. The number of benzene rings is 1. The van der Waals surface area contributed by atoms with Crippen molar-refractivity contribution in [3.63, 3.8) is 0 Å². The number of rotatable bonds is 5. The van der Waals surface area contributed by atoms with E-state index in [-0.39, 0.29) is 5.56 Å². The van der Waals surface area contributed by atoms with Crippen LogP contribution in [0.15, 0.2) is 45.7 Å². The molecule has 0 aliphatic carbocycles. The molecule has 100 valence electrons. The van der Waals surface area contributed by atoms with Crippen LogP contribution >= 0.6 is 15.9 Å². The summed E-state index contributed by atoms with van der Waals surface area (Å²) in [4.78, 5) is 11.6. The minimum Gasteiger partial charge on any atom is -0.480 e. The van der Waals surface area contributed by atoms with E-state index in [2.05, 4.69) is 26.3 Å². The van der Waals surface area contributed by atoms with Crippen LogP contribution in [-0.4, -0.2) is 23.4 Å². The highest BCUT2D eigenvalue weighted by Crippen LogP contribution is 2.15. The highest BCUT2D eigenvalue weighted by Gasteiger charge is 2.00. The van der Waals surface area contributed by atoms with Crippen molar-refractivity contribution in [3.05, 3.63) is 51.2 Å². The number of nitrogens with one attached hydrogen (secondary N) is 1. The van der Waals surface area contributed by atoms with E-state index < -0.39 is 0 Å². The SMILES string of the molecule is COc1ccc(=O)n(CCNc2cccc(Br)c2)n1. The van der Waals surface area contributed by atoms with Crippen LogP contribution in [-0.2, 0) is 6.54 Å². The van der Waals surface area contributed by atoms with Crippen molar-refractivity contribution < 1.29 is 4.74 Å². The molecule has 0 saturated carbocycles. The van der Waals surface area contributed by atoms with Crippen LogP contribution in [0.1, 0.15) is 0 Å². The van der Waals surface area contributed by atoms with Gasteiger partial charge in [-0.05, 0) is 18.2 Å². The first-order chi connectivity index (χ1) is 9.19. The van der Waals surface area contributed by atoms with Gasteiger partial charge in [-0.2, -0.15) is 0 Å². The van der Waals surface area contributed by atoms with E-state index >= 15 is 0 Å². The molecule has 6 heteroatoms. The summed E-state index contributed by atoms with van der Waals surface area (Å²) in [5.41, 5.74) is 0.849. The molecule has 0 saturated heterocycles. The predicted molar refractivity (Wildman–Crippen MR) is 77.7 cm³/mol. The summed E-state index contributed by atoms with van der Waals surface area (Å²) < 4.78 is 7.38. The molecule has 2 aromatic rings. The summed E-state index contributed by atoms with van der Waals surface area (Å²) >= 11 is 3.41. The summed E-state index contributed by atoms with van der Waals surface area (Å²) in [6.45, 7) is 1.08. The number of nitrogens with zero attached hydrogens (tertiary/aromatic N) is 2. The molecular formula is C13H14BrN3O2. The van der Waals surface area contributed by atoms with Crippen molar-refractivity contribution >= 4 is 21.6 Å². The molecule has 19 heavy (non-hydrogen) atoms. The molecule has 1 aromatic heterocycles. The van der Waals surface area contributed by atoms with Gasteiger partial charge in [0.15, 0.2) is 0 Å². The monoisotopic (exact) mass is 323 g/mol. The number of halogens is 1. The maximum Gasteiger partial charge on any atom is 0.267 e. The molecule has 1 aromatic carbocycles. The third-order valence-electron chi connectivity index (χ3n) is 2.53. The van der Waals surface area contributed by atoms with E-state index in [1.807, 2.05) is 24.3 Å². The van der Waals surface area contributed by atoms with Crippen molar-refractivity contribution in [2.45, 2.75) is 6.54 Å². The average molecular weight is 324 g/mol. The fourth-order valence-electron chi connectivity index (χ4n) is 1.60. The van der Waals surface area contributed by atoms with E-state index in [0.29, 0.717) is 19.0 Å². The summed E-state index contributed by atoms with van der Waals surface area (Å²) in [5, 5.41) is 7.30. The van der Waals surface area contributed by atoms with Gasteiger partial charge < -0.3 is 10.1 Å². The fraction of sp³-hybridized carbons (Fsp3) is 0.231. The molecule has 0 aliphatic rings. The maximum absolute atomic E-state index is 11.6. The van der Waals surface area contributed by atoms with E-state index in [1.54, 1.807) is 6.07 Å². The largest absolute Gasteiger partial charge is 0.480 e. The quantitative estimate of drug-likeness (QED) is 0.915. The molecule has 0 spiro atoms. The second kappa shape index (κ2) is 6.38. The number of aromatic nitrogens is 2. The van der Waals surface area contributed by atoms with Gasteiger partial charge >= 0.3 is 0 Å². The zero-order valence-corrected chi connectivity index (χ0v) is 12.1. The first-order valence-electron chi connectivity index (χ1n) is 5.80. The number of hydrogen-bond donors (Lipinski definition) is 1. The first kappa shape index (κ1) is 13.6. The van der Waals surface area contributed by atoms with Crippen LogP contribution in [0.3, 0.4) is 0 Å². The summed E-state index contributed by atoms with van der Waals surface area (Å²) in [5.74, 6) is 0.432. The highest BCUT2D eigenvalue weighted by molar-refractivity contribution is 9.10. The average Bonchev–Trinajstić information content (AvgIpc) is 2.41. The van der Waals surface area contributed by atoms with E-state index in [0.717, 1.165) is 10.2 Å². The van der Waals surface area contributed by atoms with Gasteiger partial charge in [0, 0.05) is 28.8 Å². The van der Waals surface area contributed by atoms with Gasteiger partial charge in [-0.3, -0.25) is 4.79 Å². The molecule has 0 radical (unpaired) electrons. The Balaban J connectivity index is 1.97. The lowest BCUT2D eigenvalue weighted by Crippen LogP contribution is -2.25. The standard InChI is InChI=1S/C13H14BrN3O2/c1-19-12-5-6-13(18)17(16-12)8-7-15-11-4-2-3-10(14)9-11/h2-6,9,15H,7-8H2,1H3. The van der Waals surface area contributed by atoms with Crippen molar-refractivity contribution in [1.29, 1.82) is 0 Å². The third kappa shape index (κ3) is 3.82. The summed E-state index contributed by atoms with van der Waals surface area (Å²) in [7, 11) is 1.52. The molecule has 0 bridgehead atoms. The molecule has 0 amide bonds. The van der Waals surface area contributed by atoms with Gasteiger partial charge in [0.25, 0.3) is 5.56 Å². The van der Waals surface area contributed by atoms with E-state index in [9.17, 15) is 4.79 Å². The van der Waals surface area contributed by atoms with Gasteiger partial charge in [0.1, 0.15) is 0 Å². The van der Waals surface area contributed by atoms with Crippen LogP contribution in [0.4, 0.5) is 5.69 Å². The second-order valence-electron chi connectivity index (χ2n) is 3.87. The van der Waals surface area contributed by atoms with Crippen LogP contribution in [0, 0.1) is 0 Å². The predicted octanol–water partition coefficient (Wildman–Crippen LogP) is 2.13. The number of ether oxygens (including phenoxy) is 1. The molecular weight excluding hydrogens is 310 g/mol. The lowest BCUT2D eigenvalue weighted by molar-refractivity contribution is 0.376. The van der Waals surface area contributed by atoms with Gasteiger partial charge in [-0.25, -0.2) is 4.68 Å². The summed E-state index contributed by atoms with van der Waals surface area (Å²) in [6.07, 6.45) is 0. The fourth-order valence-corrected chi connectivity index (χ4v) is 2.00. The van der Waals surface area contributed by atoms with Crippen LogP contribution in [0.5, 0.6) is 5.88 Å². The van der Waals surface area contributed by atoms with Gasteiger partial charge in [-0.1, -0.05) is 22.0 Å². The maximum atomic E-state index is 11.6. The number of methoxy groups -OCH3 is 1. The Morgan fingerprint density at radius 2 is 2.21 bits per heavy atom. The topological polar surface area (TPSA) is 56.1 Å². The Hall–Kier alpha value is -1.82. The van der Waals surface area contributed by atoms with Crippen molar-refractivity contribution in [2.75, 3.05) is 19.0 Å². The first-order valence-corrected chi connectivity index (χ1v) is 6.60. The molecule has 2 rings (SSSR count). The van der Waals surface area contributed by atoms with E-state index in [4.69, 9.17) is 4.74 Å². The second-order valence-corrected chi connectivity index (χ2v) is 4.79. The molecule has 1 N–H and O–H groups in total. The third-order valence-corrected chi connectivity index (χ3v) is 3.02. The number of anilines is 1. The van der Waals surface area contributed by atoms with Crippen LogP contribution in [0.25, 0.3) is 0 Å². The van der Waals surface area contributed by atoms with Crippen molar-refractivity contribution in [3.8, 4) is 5.88 Å². The highest BCUT2D eigenvalue weighted by atomic mass is 79.9. The smallest absolute Gasteiger partial charge is 0.267 e. The zero-order chi connectivity index (χ0) is 13.7. The van der Waals surface area contributed by atoms with Gasteiger partial charge in [0.2, 0.25) is 5.88 Å². The lowest BCUT2D eigenvalue weighted by Gasteiger charge is -2.08. The summed E-state index contributed by atoms with van der Waals surface area (Å²) in [6, 6.07) is 10.8. The van der Waals surface area contributed by atoms with Gasteiger partial charge in [-0.15, -0.1) is 5.10 Å². The molecule has 5 nitrogen and oxygen atoms in total. The Kier molecular flexibility index (Phi) is 4.57. The molecule has 0 atom stereocenters. The molecule has 0 fully saturated rings. The Labute approximate surface area is 119 Å². The number of hydrogen-bond acceptors (Lipinski definition) is 4. The van der Waals surface area contributed by atoms with Crippen molar-refractivity contribution in [1.82, 2.24) is 9.78 Å². The molecule has 0 unspecified atom stereocenters. The van der Waals surface area contributed by atoms with Crippen LogP contribution < -0.4 is 15.6 Å².